The van der Waals surface area contributed by atoms with Gasteiger partial charge in [-0.15, -0.1) is 0 Å². The van der Waals surface area contributed by atoms with E-state index >= 15 is 0 Å². The van der Waals surface area contributed by atoms with Gasteiger partial charge in [0, 0.05) is 18.7 Å². The van der Waals surface area contributed by atoms with Gasteiger partial charge >= 0.3 is 0 Å². The van der Waals surface area contributed by atoms with Gasteiger partial charge in [-0.1, -0.05) is 0 Å². The first-order valence-corrected chi connectivity index (χ1v) is 5.20. The summed E-state index contributed by atoms with van der Waals surface area (Å²) in [4.78, 5) is 23.1. The van der Waals surface area contributed by atoms with Gasteiger partial charge in [0.1, 0.15) is 12.7 Å². The van der Waals surface area contributed by atoms with Crippen LogP contribution < -0.4 is 4.90 Å². The van der Waals surface area contributed by atoms with Crippen molar-refractivity contribution in [2.75, 3.05) is 24.7 Å². The number of nitro groups is 1. The molecular weight excluding hydrogens is 238 g/mol. The molecule has 0 bridgehead atoms. The predicted molar refractivity (Wildman–Crippen MR) is 61.0 cm³/mol. The second-order valence-corrected chi connectivity index (χ2v) is 3.67. The number of morpholine rings is 1. The number of rotatable bonds is 2. The van der Waals surface area contributed by atoms with E-state index in [9.17, 15) is 14.9 Å². The molecule has 0 aromatic heterocycles. The SMILES string of the molecule is N#Cc1cc([N+](=O)[O-])ccc1N1CCOCC1=O. The van der Waals surface area contributed by atoms with E-state index in [1.165, 1.54) is 17.0 Å². The maximum Gasteiger partial charge on any atom is 0.270 e. The standard InChI is InChI=1S/C11H9N3O4/c12-6-8-5-9(14(16)17)1-2-10(8)13-3-4-18-7-11(13)15/h1-2,5H,3-4,7H2. The molecule has 1 aliphatic heterocycles. The fourth-order valence-electron chi connectivity index (χ4n) is 1.74. The van der Waals surface area contributed by atoms with Crippen LogP contribution in [0, 0.1) is 21.4 Å². The van der Waals surface area contributed by atoms with Crippen LogP contribution in [0.25, 0.3) is 0 Å². The van der Waals surface area contributed by atoms with Crippen molar-refractivity contribution >= 4 is 17.3 Å². The molecule has 0 aliphatic carbocycles. The summed E-state index contributed by atoms with van der Waals surface area (Å²) in [6.07, 6.45) is 0. The summed E-state index contributed by atoms with van der Waals surface area (Å²) in [5.41, 5.74) is 0.326. The molecule has 1 heterocycles. The molecule has 0 radical (unpaired) electrons. The lowest BCUT2D eigenvalue weighted by Gasteiger charge is -2.27. The third-order valence-electron chi connectivity index (χ3n) is 2.59. The number of anilines is 1. The Morgan fingerprint density at radius 2 is 2.28 bits per heavy atom. The van der Waals surface area contributed by atoms with Crippen molar-refractivity contribution in [2.24, 2.45) is 0 Å². The van der Waals surface area contributed by atoms with Crippen LogP contribution in [0.2, 0.25) is 0 Å². The van der Waals surface area contributed by atoms with Crippen molar-refractivity contribution in [3.63, 3.8) is 0 Å². The van der Waals surface area contributed by atoms with Crippen molar-refractivity contribution in [1.82, 2.24) is 0 Å². The number of amides is 1. The van der Waals surface area contributed by atoms with E-state index in [4.69, 9.17) is 10.00 Å². The Hall–Kier alpha value is -2.46. The van der Waals surface area contributed by atoms with Crippen LogP contribution in [0.15, 0.2) is 18.2 Å². The highest BCUT2D eigenvalue weighted by Crippen LogP contribution is 2.25. The molecule has 7 heteroatoms. The van der Waals surface area contributed by atoms with Gasteiger partial charge in [-0.3, -0.25) is 14.9 Å². The van der Waals surface area contributed by atoms with E-state index in [-0.39, 0.29) is 23.8 Å². The molecule has 7 nitrogen and oxygen atoms in total. The molecular formula is C11H9N3O4. The molecule has 1 amide bonds. The Morgan fingerprint density at radius 3 is 2.89 bits per heavy atom. The maximum atomic E-state index is 11.6. The maximum absolute atomic E-state index is 11.6. The number of nitrogens with zero attached hydrogens (tertiary/aromatic N) is 3. The second-order valence-electron chi connectivity index (χ2n) is 3.67. The highest BCUT2D eigenvalue weighted by Gasteiger charge is 2.23. The minimum Gasteiger partial charge on any atom is -0.370 e. The number of ether oxygens (including phenoxy) is 1. The average molecular weight is 247 g/mol. The predicted octanol–water partition coefficient (Wildman–Crippen LogP) is 0.830. The summed E-state index contributed by atoms with van der Waals surface area (Å²) in [6.45, 7) is 0.681. The van der Waals surface area contributed by atoms with E-state index in [1.54, 1.807) is 0 Å². The van der Waals surface area contributed by atoms with Gasteiger partial charge in [-0.25, -0.2) is 0 Å². The molecule has 2 rings (SSSR count). The zero-order valence-electron chi connectivity index (χ0n) is 9.33. The number of nitriles is 1. The monoisotopic (exact) mass is 247 g/mol. The number of nitro benzene ring substituents is 1. The number of hydrogen-bond donors (Lipinski definition) is 0. The lowest BCUT2D eigenvalue weighted by atomic mass is 10.1. The van der Waals surface area contributed by atoms with Crippen LogP contribution >= 0.6 is 0 Å². The van der Waals surface area contributed by atoms with E-state index in [0.29, 0.717) is 18.8 Å². The summed E-state index contributed by atoms with van der Waals surface area (Å²) in [7, 11) is 0. The van der Waals surface area contributed by atoms with E-state index < -0.39 is 4.92 Å². The van der Waals surface area contributed by atoms with Gasteiger partial charge in [-0.2, -0.15) is 5.26 Å². The smallest absolute Gasteiger partial charge is 0.270 e. The van der Waals surface area contributed by atoms with Crippen molar-refractivity contribution < 1.29 is 14.5 Å². The minimum atomic E-state index is -0.578. The first kappa shape index (κ1) is 12.0. The first-order valence-electron chi connectivity index (χ1n) is 5.20. The lowest BCUT2D eigenvalue weighted by molar-refractivity contribution is -0.384. The fourth-order valence-corrected chi connectivity index (χ4v) is 1.74. The lowest BCUT2D eigenvalue weighted by Crippen LogP contribution is -2.42. The number of benzene rings is 1. The molecule has 0 spiro atoms. The van der Waals surface area contributed by atoms with Gasteiger partial charge in [0.2, 0.25) is 0 Å². The molecule has 18 heavy (non-hydrogen) atoms. The highest BCUT2D eigenvalue weighted by molar-refractivity contribution is 5.96. The summed E-state index contributed by atoms with van der Waals surface area (Å²) in [6, 6.07) is 5.73. The van der Waals surface area contributed by atoms with Crippen LogP contribution in [0.4, 0.5) is 11.4 Å². The molecule has 1 fully saturated rings. The van der Waals surface area contributed by atoms with Crippen LogP contribution in [0.3, 0.4) is 0 Å². The summed E-state index contributed by atoms with van der Waals surface area (Å²) in [5.74, 6) is -0.258. The third kappa shape index (κ3) is 2.14. The van der Waals surface area contributed by atoms with E-state index in [2.05, 4.69) is 0 Å². The van der Waals surface area contributed by atoms with Crippen LogP contribution in [-0.4, -0.2) is 30.6 Å². The Morgan fingerprint density at radius 1 is 1.50 bits per heavy atom. The van der Waals surface area contributed by atoms with Gasteiger partial charge in [0.15, 0.2) is 0 Å². The fraction of sp³-hybridized carbons (Fsp3) is 0.273. The van der Waals surface area contributed by atoms with Crippen LogP contribution in [-0.2, 0) is 9.53 Å². The summed E-state index contributed by atoms with van der Waals surface area (Å²) < 4.78 is 4.99. The van der Waals surface area contributed by atoms with Crippen LogP contribution in [0.1, 0.15) is 5.56 Å². The Kier molecular flexibility index (Phi) is 3.21. The summed E-state index contributed by atoms with van der Waals surface area (Å²) in [5, 5.41) is 19.6. The zero-order chi connectivity index (χ0) is 13.1. The number of non-ortho nitro benzene ring substituents is 1. The number of hydrogen-bond acceptors (Lipinski definition) is 5. The van der Waals surface area contributed by atoms with E-state index in [0.717, 1.165) is 6.07 Å². The molecule has 1 aromatic carbocycles. The zero-order valence-corrected chi connectivity index (χ0v) is 9.33. The molecule has 92 valence electrons. The average Bonchev–Trinajstić information content (AvgIpc) is 2.38. The Labute approximate surface area is 102 Å². The molecule has 1 saturated heterocycles. The topological polar surface area (TPSA) is 96.5 Å². The van der Waals surface area contributed by atoms with Crippen molar-refractivity contribution in [3.05, 3.63) is 33.9 Å². The Balaban J connectivity index is 2.41. The minimum absolute atomic E-state index is 0.0398. The normalized spacial score (nSPS) is 15.3. The van der Waals surface area contributed by atoms with Gasteiger partial charge in [-0.05, 0) is 6.07 Å². The second kappa shape index (κ2) is 4.81. The van der Waals surface area contributed by atoms with Crippen molar-refractivity contribution in [2.45, 2.75) is 0 Å². The molecule has 0 unspecified atom stereocenters. The molecule has 1 aliphatic rings. The number of carbonyl (C=O) groups is 1. The third-order valence-corrected chi connectivity index (χ3v) is 2.59. The van der Waals surface area contributed by atoms with E-state index in [1.807, 2.05) is 6.07 Å². The Bertz CT molecular complexity index is 550. The number of carbonyl (C=O) groups excluding carboxylic acids is 1. The first-order chi connectivity index (χ1) is 8.63. The molecule has 0 N–H and O–H groups in total. The molecule has 0 saturated carbocycles. The van der Waals surface area contributed by atoms with Gasteiger partial charge in [0.05, 0.1) is 22.8 Å². The summed E-state index contributed by atoms with van der Waals surface area (Å²) >= 11 is 0. The van der Waals surface area contributed by atoms with Crippen molar-refractivity contribution in [1.29, 1.82) is 5.26 Å². The highest BCUT2D eigenvalue weighted by atomic mass is 16.6. The van der Waals surface area contributed by atoms with Gasteiger partial charge in [0.25, 0.3) is 11.6 Å². The van der Waals surface area contributed by atoms with Crippen LogP contribution in [0.5, 0.6) is 0 Å². The molecule has 1 aromatic rings. The van der Waals surface area contributed by atoms with Crippen molar-refractivity contribution in [3.8, 4) is 6.07 Å². The quantitative estimate of drug-likeness (QED) is 0.569. The van der Waals surface area contributed by atoms with Gasteiger partial charge < -0.3 is 9.64 Å². The molecule has 0 atom stereocenters. The largest absolute Gasteiger partial charge is 0.370 e.